The van der Waals surface area contributed by atoms with E-state index in [4.69, 9.17) is 0 Å². The van der Waals surface area contributed by atoms with E-state index in [2.05, 4.69) is 203 Å². The Hall–Kier alpha value is -6.64. The van der Waals surface area contributed by atoms with Crippen LogP contribution in [0.15, 0.2) is 194 Å². The molecule has 0 spiro atoms. The van der Waals surface area contributed by atoms with Crippen LogP contribution in [0.25, 0.3) is 88.4 Å². The number of hydrogen-bond donors (Lipinski definition) is 0. The van der Waals surface area contributed by atoms with Crippen molar-refractivity contribution in [1.82, 2.24) is 9.13 Å². The van der Waals surface area contributed by atoms with Gasteiger partial charge in [0.2, 0.25) is 0 Å². The van der Waals surface area contributed by atoms with Crippen LogP contribution in [0.2, 0.25) is 0 Å². The predicted molar refractivity (Wildman–Crippen MR) is 211 cm³/mol. The van der Waals surface area contributed by atoms with Gasteiger partial charge in [0, 0.05) is 32.8 Å². The third kappa shape index (κ3) is 4.43. The summed E-state index contributed by atoms with van der Waals surface area (Å²) in [5.41, 5.74) is 14.4. The van der Waals surface area contributed by atoms with Crippen LogP contribution < -0.4 is 0 Å². The van der Waals surface area contributed by atoms with Gasteiger partial charge in [-0.05, 0) is 70.3 Å². The number of aromatic nitrogens is 2. The average molecular weight is 637 g/mol. The molecule has 2 nitrogen and oxygen atoms in total. The second kappa shape index (κ2) is 11.5. The van der Waals surface area contributed by atoms with Crippen LogP contribution in [0.1, 0.15) is 0 Å². The second-order valence-electron chi connectivity index (χ2n) is 12.9. The lowest BCUT2D eigenvalue weighted by Crippen LogP contribution is -1.98. The van der Waals surface area contributed by atoms with E-state index in [0.29, 0.717) is 0 Å². The first-order valence-electron chi connectivity index (χ1n) is 17.2. The third-order valence-corrected chi connectivity index (χ3v) is 10.1. The van der Waals surface area contributed by atoms with E-state index in [1.807, 2.05) is 0 Å². The summed E-state index contributed by atoms with van der Waals surface area (Å²) in [7, 11) is 0. The average Bonchev–Trinajstić information content (AvgIpc) is 3.70. The topological polar surface area (TPSA) is 9.86 Å². The molecule has 2 heteroatoms. The minimum atomic E-state index is 1.17. The Kier molecular flexibility index (Phi) is 6.53. The Morgan fingerprint density at radius 3 is 1.38 bits per heavy atom. The number of para-hydroxylation sites is 4. The van der Waals surface area contributed by atoms with Gasteiger partial charge in [-0.3, -0.25) is 0 Å². The summed E-state index contributed by atoms with van der Waals surface area (Å²) in [6, 6.07) is 70.4. The van der Waals surface area contributed by atoms with Crippen LogP contribution in [-0.2, 0) is 0 Å². The lowest BCUT2D eigenvalue weighted by Gasteiger charge is -2.17. The smallest absolute Gasteiger partial charge is 0.0547 e. The largest absolute Gasteiger partial charge is 0.309 e. The molecule has 2 aromatic heterocycles. The van der Waals surface area contributed by atoms with E-state index in [1.165, 1.54) is 88.4 Å². The molecule has 10 aromatic rings. The molecule has 0 radical (unpaired) electrons. The molecular formula is C48H32N2. The molecule has 0 aliphatic heterocycles. The summed E-state index contributed by atoms with van der Waals surface area (Å²) in [5.74, 6) is 0. The van der Waals surface area contributed by atoms with Crippen molar-refractivity contribution in [1.29, 1.82) is 0 Å². The fourth-order valence-corrected chi connectivity index (χ4v) is 7.90. The summed E-state index contributed by atoms with van der Waals surface area (Å²) in [6.07, 6.45) is 0. The third-order valence-electron chi connectivity index (χ3n) is 10.1. The van der Waals surface area contributed by atoms with Crippen LogP contribution in [0, 0.1) is 0 Å². The molecular weight excluding hydrogens is 605 g/mol. The molecule has 50 heavy (non-hydrogen) atoms. The number of nitrogens with zero attached hydrogens (tertiary/aromatic N) is 2. The lowest BCUT2D eigenvalue weighted by atomic mass is 9.93. The van der Waals surface area contributed by atoms with E-state index in [1.54, 1.807) is 0 Å². The van der Waals surface area contributed by atoms with Crippen LogP contribution in [0.5, 0.6) is 0 Å². The van der Waals surface area contributed by atoms with Crippen LogP contribution >= 0.6 is 0 Å². The van der Waals surface area contributed by atoms with Gasteiger partial charge < -0.3 is 9.13 Å². The van der Waals surface area contributed by atoms with E-state index in [0.717, 1.165) is 0 Å². The van der Waals surface area contributed by atoms with Crippen LogP contribution in [-0.4, -0.2) is 9.13 Å². The highest BCUT2D eigenvalue weighted by atomic mass is 15.0. The maximum Gasteiger partial charge on any atom is 0.0547 e. The van der Waals surface area contributed by atoms with Gasteiger partial charge >= 0.3 is 0 Å². The van der Waals surface area contributed by atoms with Gasteiger partial charge in [-0.2, -0.15) is 0 Å². The van der Waals surface area contributed by atoms with Gasteiger partial charge in [-0.1, -0.05) is 152 Å². The highest BCUT2D eigenvalue weighted by Crippen LogP contribution is 2.41. The molecule has 0 unspecified atom stereocenters. The van der Waals surface area contributed by atoms with Crippen molar-refractivity contribution in [2.75, 3.05) is 0 Å². The SMILES string of the molecule is c1ccc(-c2ccccc2-c2ccccc2-n2c3ccccc3c3ccc(-c4ccc5c6ccccc6n(-c6ccccc6)c5c4)cc32)cc1. The summed E-state index contributed by atoms with van der Waals surface area (Å²) in [4.78, 5) is 0. The van der Waals surface area contributed by atoms with E-state index >= 15 is 0 Å². The van der Waals surface area contributed by atoms with Crippen molar-refractivity contribution >= 4 is 43.6 Å². The van der Waals surface area contributed by atoms with Crippen molar-refractivity contribution in [3.05, 3.63) is 194 Å². The minimum Gasteiger partial charge on any atom is -0.309 e. The molecule has 234 valence electrons. The van der Waals surface area contributed by atoms with Crippen LogP contribution in [0.4, 0.5) is 0 Å². The van der Waals surface area contributed by atoms with Crippen molar-refractivity contribution in [3.8, 4) is 44.8 Å². The number of fused-ring (bicyclic) bond motifs is 6. The molecule has 0 fully saturated rings. The zero-order valence-corrected chi connectivity index (χ0v) is 27.4. The summed E-state index contributed by atoms with van der Waals surface area (Å²) in [5, 5.41) is 5.02. The Morgan fingerprint density at radius 2 is 0.720 bits per heavy atom. The zero-order chi connectivity index (χ0) is 33.0. The Balaban J connectivity index is 1.21. The summed E-state index contributed by atoms with van der Waals surface area (Å²) in [6.45, 7) is 0. The van der Waals surface area contributed by atoms with Crippen molar-refractivity contribution < 1.29 is 0 Å². The standard InChI is InChI=1S/C48H32N2/c1-3-15-33(16-4-1)37-19-7-8-20-38(37)39-21-9-13-25-45(39)50-46-26-14-11-23-41(46)43-30-28-35(32-48(43)50)34-27-29-42-40-22-10-12-24-44(40)49(47(42)31-34)36-17-5-2-6-18-36/h1-32H. The van der Waals surface area contributed by atoms with Gasteiger partial charge in [-0.25, -0.2) is 0 Å². The maximum absolute atomic E-state index is 2.46. The van der Waals surface area contributed by atoms with Gasteiger partial charge in [0.1, 0.15) is 0 Å². The number of benzene rings is 8. The molecule has 2 heterocycles. The van der Waals surface area contributed by atoms with E-state index in [9.17, 15) is 0 Å². The summed E-state index contributed by atoms with van der Waals surface area (Å²) < 4.78 is 4.86. The lowest BCUT2D eigenvalue weighted by molar-refractivity contribution is 1.18. The number of hydrogen-bond acceptors (Lipinski definition) is 0. The van der Waals surface area contributed by atoms with E-state index in [-0.39, 0.29) is 0 Å². The fraction of sp³-hybridized carbons (Fsp3) is 0. The first kappa shape index (κ1) is 28.4. The minimum absolute atomic E-state index is 1.17. The molecule has 0 saturated heterocycles. The molecule has 8 aromatic carbocycles. The molecule has 0 N–H and O–H groups in total. The molecule has 0 amide bonds. The second-order valence-corrected chi connectivity index (χ2v) is 12.9. The Labute approximate surface area is 290 Å². The molecule has 0 saturated carbocycles. The Bertz CT molecular complexity index is 2860. The molecule has 0 bridgehead atoms. The first-order chi connectivity index (χ1) is 24.8. The van der Waals surface area contributed by atoms with Gasteiger partial charge in [0.25, 0.3) is 0 Å². The van der Waals surface area contributed by atoms with Crippen molar-refractivity contribution in [3.63, 3.8) is 0 Å². The zero-order valence-electron chi connectivity index (χ0n) is 27.4. The molecule has 0 atom stereocenters. The summed E-state index contributed by atoms with van der Waals surface area (Å²) >= 11 is 0. The van der Waals surface area contributed by atoms with Crippen molar-refractivity contribution in [2.24, 2.45) is 0 Å². The van der Waals surface area contributed by atoms with Crippen molar-refractivity contribution in [2.45, 2.75) is 0 Å². The molecule has 0 aliphatic carbocycles. The predicted octanol–water partition coefficient (Wildman–Crippen LogP) is 12.9. The van der Waals surface area contributed by atoms with Gasteiger partial charge in [0.05, 0.1) is 27.8 Å². The molecule has 10 rings (SSSR count). The normalized spacial score (nSPS) is 11.6. The quantitative estimate of drug-likeness (QED) is 0.178. The van der Waals surface area contributed by atoms with E-state index < -0.39 is 0 Å². The first-order valence-corrected chi connectivity index (χ1v) is 17.2. The highest BCUT2D eigenvalue weighted by Gasteiger charge is 2.19. The Morgan fingerprint density at radius 1 is 0.260 bits per heavy atom. The molecule has 0 aliphatic rings. The monoisotopic (exact) mass is 636 g/mol. The van der Waals surface area contributed by atoms with Gasteiger partial charge in [0.15, 0.2) is 0 Å². The maximum atomic E-state index is 2.46. The van der Waals surface area contributed by atoms with Gasteiger partial charge in [-0.15, -0.1) is 0 Å². The van der Waals surface area contributed by atoms with Crippen LogP contribution in [0.3, 0.4) is 0 Å². The number of rotatable bonds is 5. The highest BCUT2D eigenvalue weighted by molar-refractivity contribution is 6.12. The fourth-order valence-electron chi connectivity index (χ4n) is 7.90.